The van der Waals surface area contributed by atoms with Crippen molar-refractivity contribution in [3.05, 3.63) is 65.1 Å². The van der Waals surface area contributed by atoms with Crippen LogP contribution in [0.2, 0.25) is 0 Å². The summed E-state index contributed by atoms with van der Waals surface area (Å²) < 4.78 is 0. The molecule has 0 N–H and O–H groups in total. The van der Waals surface area contributed by atoms with E-state index in [4.69, 9.17) is 0 Å². The molecule has 1 aromatic rings. The number of thioether (sulfide) groups is 1. The van der Waals surface area contributed by atoms with Crippen molar-refractivity contribution < 1.29 is 0 Å². The van der Waals surface area contributed by atoms with Crippen molar-refractivity contribution >= 4 is 11.8 Å². The number of allylic oxidation sites excluding steroid dienone is 5. The second kappa shape index (κ2) is 6.39. The van der Waals surface area contributed by atoms with Crippen LogP contribution in [0.1, 0.15) is 19.4 Å². The molecule has 0 amide bonds. The zero-order valence-corrected chi connectivity index (χ0v) is 11.0. The summed E-state index contributed by atoms with van der Waals surface area (Å²) in [6, 6.07) is 8.54. The SMILES string of the molecule is C=C(C)/C=C\C=C(/C)Sc1cccc(C)c1. The van der Waals surface area contributed by atoms with Gasteiger partial charge in [-0.25, -0.2) is 0 Å². The topological polar surface area (TPSA) is 0 Å². The van der Waals surface area contributed by atoms with Crippen LogP contribution in [0.3, 0.4) is 0 Å². The van der Waals surface area contributed by atoms with Crippen LogP contribution in [0, 0.1) is 6.92 Å². The van der Waals surface area contributed by atoms with Crippen molar-refractivity contribution in [1.29, 1.82) is 0 Å². The van der Waals surface area contributed by atoms with Crippen LogP contribution < -0.4 is 0 Å². The third kappa shape index (κ3) is 5.04. The summed E-state index contributed by atoms with van der Waals surface area (Å²) in [7, 11) is 0. The van der Waals surface area contributed by atoms with Crippen molar-refractivity contribution in [2.45, 2.75) is 25.7 Å². The first-order valence-electron chi connectivity index (χ1n) is 5.33. The number of benzene rings is 1. The largest absolute Gasteiger partial charge is 0.0961 e. The molecule has 0 saturated heterocycles. The number of aryl methyl sites for hydroxylation is 1. The van der Waals surface area contributed by atoms with Gasteiger partial charge in [-0.3, -0.25) is 0 Å². The molecule has 0 aliphatic rings. The first kappa shape index (κ1) is 12.9. The summed E-state index contributed by atoms with van der Waals surface area (Å²) >= 11 is 1.79. The standard InChI is InChI=1S/C15H18S/c1-12(2)7-5-9-14(4)16-15-10-6-8-13(3)11-15/h5-11H,1H2,2-4H3/b7-5-,14-9+. The van der Waals surface area contributed by atoms with Crippen LogP contribution in [-0.4, -0.2) is 0 Å². The second-order valence-corrected chi connectivity index (χ2v) is 5.22. The van der Waals surface area contributed by atoms with Gasteiger partial charge < -0.3 is 0 Å². The quantitative estimate of drug-likeness (QED) is 0.511. The Hall–Kier alpha value is -1.21. The number of rotatable bonds is 4. The maximum absolute atomic E-state index is 3.82. The third-order valence-corrected chi connectivity index (χ3v) is 2.93. The molecule has 0 unspecified atom stereocenters. The molecule has 0 aliphatic heterocycles. The first-order chi connectivity index (χ1) is 7.58. The Bertz CT molecular complexity index is 425. The predicted octanol–water partition coefficient (Wildman–Crippen LogP) is 5.12. The minimum absolute atomic E-state index is 1.07. The maximum Gasteiger partial charge on any atom is 0.0121 e. The fraction of sp³-hybridized carbons (Fsp3) is 0.200. The normalized spacial score (nSPS) is 12.1. The number of hydrogen-bond acceptors (Lipinski definition) is 1. The maximum atomic E-state index is 3.82. The van der Waals surface area contributed by atoms with E-state index in [0.717, 1.165) is 5.57 Å². The van der Waals surface area contributed by atoms with Gasteiger partial charge in [0.15, 0.2) is 0 Å². The van der Waals surface area contributed by atoms with Crippen molar-refractivity contribution in [1.82, 2.24) is 0 Å². The average molecular weight is 230 g/mol. The monoisotopic (exact) mass is 230 g/mol. The summed E-state index contributed by atoms with van der Waals surface area (Å²) in [5.74, 6) is 0. The summed E-state index contributed by atoms with van der Waals surface area (Å²) in [5, 5.41) is 0. The second-order valence-electron chi connectivity index (χ2n) is 3.90. The van der Waals surface area contributed by atoms with Gasteiger partial charge in [-0.2, -0.15) is 0 Å². The van der Waals surface area contributed by atoms with Crippen molar-refractivity contribution in [3.63, 3.8) is 0 Å². The summed E-state index contributed by atoms with van der Waals surface area (Å²) in [6.07, 6.45) is 6.17. The lowest BCUT2D eigenvalue weighted by atomic mass is 10.2. The first-order valence-corrected chi connectivity index (χ1v) is 6.14. The lowest BCUT2D eigenvalue weighted by Crippen LogP contribution is -1.74. The van der Waals surface area contributed by atoms with Gasteiger partial charge in [0, 0.05) is 4.90 Å². The highest BCUT2D eigenvalue weighted by Crippen LogP contribution is 2.26. The molecule has 84 valence electrons. The highest BCUT2D eigenvalue weighted by Gasteiger charge is 1.94. The zero-order valence-electron chi connectivity index (χ0n) is 10.2. The molecule has 0 heterocycles. The highest BCUT2D eigenvalue weighted by atomic mass is 32.2. The molecule has 1 heteroatoms. The molecule has 0 bridgehead atoms. The summed E-state index contributed by atoms with van der Waals surface area (Å²) in [4.78, 5) is 2.57. The molecule has 16 heavy (non-hydrogen) atoms. The van der Waals surface area contributed by atoms with E-state index in [-0.39, 0.29) is 0 Å². The van der Waals surface area contributed by atoms with Crippen LogP contribution in [-0.2, 0) is 0 Å². The summed E-state index contributed by atoms with van der Waals surface area (Å²) in [6.45, 7) is 10.1. The Kier molecular flexibility index (Phi) is 5.13. The molecule has 0 aromatic heterocycles. The predicted molar refractivity (Wildman–Crippen MR) is 74.7 cm³/mol. The van der Waals surface area contributed by atoms with Gasteiger partial charge in [0.2, 0.25) is 0 Å². The van der Waals surface area contributed by atoms with Gasteiger partial charge in [0.05, 0.1) is 0 Å². The average Bonchev–Trinajstić information content (AvgIpc) is 2.16. The van der Waals surface area contributed by atoms with Crippen LogP contribution >= 0.6 is 11.8 Å². The van der Waals surface area contributed by atoms with Crippen molar-refractivity contribution in [2.24, 2.45) is 0 Å². The third-order valence-electron chi connectivity index (χ3n) is 1.98. The van der Waals surface area contributed by atoms with E-state index in [1.807, 2.05) is 19.1 Å². The Morgan fingerprint density at radius 2 is 2.06 bits per heavy atom. The van der Waals surface area contributed by atoms with E-state index in [2.05, 4.69) is 50.8 Å². The van der Waals surface area contributed by atoms with Gasteiger partial charge in [-0.1, -0.05) is 59.8 Å². The molecule has 1 aromatic carbocycles. The number of hydrogen-bond donors (Lipinski definition) is 0. The van der Waals surface area contributed by atoms with E-state index >= 15 is 0 Å². The van der Waals surface area contributed by atoms with Crippen LogP contribution in [0.15, 0.2) is 64.4 Å². The molecule has 0 radical (unpaired) electrons. The van der Waals surface area contributed by atoms with Crippen LogP contribution in [0.5, 0.6) is 0 Å². The molecule has 1 rings (SSSR count). The van der Waals surface area contributed by atoms with Gasteiger partial charge in [-0.15, -0.1) is 0 Å². The minimum atomic E-state index is 1.07. The summed E-state index contributed by atoms with van der Waals surface area (Å²) in [5.41, 5.74) is 2.37. The van der Waals surface area contributed by atoms with Gasteiger partial charge in [0.1, 0.15) is 0 Å². The minimum Gasteiger partial charge on any atom is -0.0961 e. The van der Waals surface area contributed by atoms with E-state index in [1.165, 1.54) is 15.4 Å². The van der Waals surface area contributed by atoms with E-state index in [9.17, 15) is 0 Å². The molecular formula is C15H18S. The molecule has 0 nitrogen and oxygen atoms in total. The van der Waals surface area contributed by atoms with Gasteiger partial charge in [0.25, 0.3) is 0 Å². The molecule has 0 spiro atoms. The Labute approximate surface area is 103 Å². The van der Waals surface area contributed by atoms with Crippen LogP contribution in [0.4, 0.5) is 0 Å². The highest BCUT2D eigenvalue weighted by molar-refractivity contribution is 8.03. The molecule has 0 saturated carbocycles. The van der Waals surface area contributed by atoms with E-state index in [1.54, 1.807) is 11.8 Å². The van der Waals surface area contributed by atoms with Crippen molar-refractivity contribution in [2.75, 3.05) is 0 Å². The van der Waals surface area contributed by atoms with Crippen LogP contribution in [0.25, 0.3) is 0 Å². The molecule has 0 aliphatic carbocycles. The fourth-order valence-corrected chi connectivity index (χ4v) is 2.16. The van der Waals surface area contributed by atoms with Gasteiger partial charge in [-0.05, 0) is 37.8 Å². The Morgan fingerprint density at radius 3 is 2.69 bits per heavy atom. The molecule has 0 fully saturated rings. The zero-order chi connectivity index (χ0) is 12.0. The van der Waals surface area contributed by atoms with Gasteiger partial charge >= 0.3 is 0 Å². The van der Waals surface area contributed by atoms with E-state index in [0.29, 0.717) is 0 Å². The van der Waals surface area contributed by atoms with E-state index < -0.39 is 0 Å². The fourth-order valence-electron chi connectivity index (χ4n) is 1.25. The smallest absolute Gasteiger partial charge is 0.0121 e. The molecular weight excluding hydrogens is 212 g/mol. The lowest BCUT2D eigenvalue weighted by Gasteiger charge is -2.01. The Balaban J connectivity index is 2.64. The lowest BCUT2D eigenvalue weighted by molar-refractivity contribution is 1.36. The Morgan fingerprint density at radius 1 is 1.31 bits per heavy atom. The molecule has 0 atom stereocenters. The van der Waals surface area contributed by atoms with Crippen molar-refractivity contribution in [3.8, 4) is 0 Å².